The van der Waals surface area contributed by atoms with Crippen LogP contribution in [0.1, 0.15) is 45.4 Å². The lowest BCUT2D eigenvalue weighted by atomic mass is 9.86. The Hall–Kier alpha value is -0.570. The van der Waals surface area contributed by atoms with Gasteiger partial charge in [0.15, 0.2) is 0 Å². The number of carbonyl (C=O) groups is 1. The summed E-state index contributed by atoms with van der Waals surface area (Å²) in [5.74, 6) is 2.09. The van der Waals surface area contributed by atoms with Crippen molar-refractivity contribution in [2.24, 2.45) is 17.8 Å². The van der Waals surface area contributed by atoms with Gasteiger partial charge in [0.2, 0.25) is 0 Å². The van der Waals surface area contributed by atoms with E-state index in [0.717, 1.165) is 11.8 Å². The summed E-state index contributed by atoms with van der Waals surface area (Å²) in [5.41, 5.74) is 0. The Morgan fingerprint density at radius 3 is 2.81 bits per heavy atom. The van der Waals surface area contributed by atoms with Crippen LogP contribution in [0.2, 0.25) is 0 Å². The van der Waals surface area contributed by atoms with Crippen LogP contribution in [-0.4, -0.2) is 23.8 Å². The van der Waals surface area contributed by atoms with Gasteiger partial charge < -0.3 is 9.84 Å². The molecule has 4 atom stereocenters. The van der Waals surface area contributed by atoms with Crippen LogP contribution in [0.3, 0.4) is 0 Å². The highest BCUT2D eigenvalue weighted by Gasteiger charge is 2.40. The second-order valence-corrected chi connectivity index (χ2v) is 5.38. The number of carbonyl (C=O) groups excluding carboxylic acids is 1. The second-order valence-electron chi connectivity index (χ2n) is 5.38. The van der Waals surface area contributed by atoms with Crippen molar-refractivity contribution in [2.75, 3.05) is 6.61 Å². The van der Waals surface area contributed by atoms with Crippen LogP contribution in [0.25, 0.3) is 0 Å². The summed E-state index contributed by atoms with van der Waals surface area (Å²) in [7, 11) is 0. The molecule has 0 aromatic carbocycles. The normalized spacial score (nSPS) is 34.0. The molecule has 0 amide bonds. The van der Waals surface area contributed by atoms with Crippen molar-refractivity contribution in [3.8, 4) is 0 Å². The molecule has 4 unspecified atom stereocenters. The Balaban J connectivity index is 1.67. The molecule has 2 aliphatic rings. The summed E-state index contributed by atoms with van der Waals surface area (Å²) in [6.45, 7) is 2.05. The van der Waals surface area contributed by atoms with Crippen molar-refractivity contribution in [1.29, 1.82) is 0 Å². The van der Waals surface area contributed by atoms with Gasteiger partial charge in [-0.15, -0.1) is 0 Å². The molecule has 1 N–H and O–H groups in total. The van der Waals surface area contributed by atoms with Crippen LogP contribution in [0, 0.1) is 17.8 Å². The first kappa shape index (κ1) is 11.9. The van der Waals surface area contributed by atoms with E-state index in [1.807, 2.05) is 6.92 Å². The minimum atomic E-state index is -0.496. The van der Waals surface area contributed by atoms with Crippen LogP contribution < -0.4 is 0 Å². The lowest BCUT2D eigenvalue weighted by Gasteiger charge is -2.20. The molecule has 92 valence electrons. The number of esters is 1. The molecule has 16 heavy (non-hydrogen) atoms. The molecular weight excluding hydrogens is 204 g/mol. The Morgan fingerprint density at radius 2 is 2.25 bits per heavy atom. The average molecular weight is 226 g/mol. The fraction of sp³-hybridized carbons (Fsp3) is 0.923. The third-order valence-corrected chi connectivity index (χ3v) is 4.22. The minimum absolute atomic E-state index is 0.120. The molecule has 2 bridgehead atoms. The number of aliphatic hydroxyl groups is 1. The quantitative estimate of drug-likeness (QED) is 0.730. The topological polar surface area (TPSA) is 46.5 Å². The van der Waals surface area contributed by atoms with E-state index in [1.54, 1.807) is 0 Å². The SMILES string of the molecule is CCC(O)COC(=O)CC1CC2CCC1C2. The molecular formula is C13H22O3. The second kappa shape index (κ2) is 5.17. The number of ether oxygens (including phenoxy) is 1. The molecule has 2 saturated carbocycles. The van der Waals surface area contributed by atoms with Gasteiger partial charge in [0.05, 0.1) is 6.10 Å². The molecule has 0 saturated heterocycles. The van der Waals surface area contributed by atoms with Crippen LogP contribution in [0.5, 0.6) is 0 Å². The standard InChI is InChI=1S/C13H22O3/c1-2-12(14)8-16-13(15)7-11-6-9-3-4-10(11)5-9/h9-12,14H,2-8H2,1H3. The lowest BCUT2D eigenvalue weighted by molar-refractivity contribution is -0.148. The molecule has 2 fully saturated rings. The van der Waals surface area contributed by atoms with Crippen molar-refractivity contribution in [3.05, 3.63) is 0 Å². The highest BCUT2D eigenvalue weighted by atomic mass is 16.5. The Labute approximate surface area is 97.2 Å². The highest BCUT2D eigenvalue weighted by Crippen LogP contribution is 2.49. The maximum Gasteiger partial charge on any atom is 0.306 e. The molecule has 3 heteroatoms. The summed E-state index contributed by atoms with van der Waals surface area (Å²) in [6.07, 6.45) is 5.93. The van der Waals surface area contributed by atoms with Crippen LogP contribution in [-0.2, 0) is 9.53 Å². The summed E-state index contributed by atoms with van der Waals surface area (Å²) in [4.78, 5) is 11.6. The number of rotatable bonds is 5. The van der Waals surface area contributed by atoms with Gasteiger partial charge in [-0.1, -0.05) is 13.3 Å². The molecule has 0 spiro atoms. The average Bonchev–Trinajstić information content (AvgIpc) is 2.87. The number of fused-ring (bicyclic) bond motifs is 2. The van der Waals surface area contributed by atoms with Crippen LogP contribution in [0.4, 0.5) is 0 Å². The van der Waals surface area contributed by atoms with Crippen LogP contribution >= 0.6 is 0 Å². The van der Waals surface area contributed by atoms with E-state index in [4.69, 9.17) is 4.74 Å². The van der Waals surface area contributed by atoms with E-state index in [2.05, 4.69) is 0 Å². The molecule has 0 aliphatic heterocycles. The Kier molecular flexibility index (Phi) is 3.85. The summed E-state index contributed by atoms with van der Waals surface area (Å²) in [5, 5.41) is 9.30. The molecule has 0 heterocycles. The minimum Gasteiger partial charge on any atom is -0.463 e. The van der Waals surface area contributed by atoms with E-state index in [-0.39, 0.29) is 12.6 Å². The van der Waals surface area contributed by atoms with Gasteiger partial charge in [0, 0.05) is 6.42 Å². The first-order valence-electron chi connectivity index (χ1n) is 6.52. The van der Waals surface area contributed by atoms with Gasteiger partial charge >= 0.3 is 5.97 Å². The van der Waals surface area contributed by atoms with Crippen molar-refractivity contribution in [3.63, 3.8) is 0 Å². The largest absolute Gasteiger partial charge is 0.463 e. The van der Waals surface area contributed by atoms with Gasteiger partial charge in [-0.3, -0.25) is 4.79 Å². The fourth-order valence-corrected chi connectivity index (χ4v) is 3.21. The van der Waals surface area contributed by atoms with E-state index >= 15 is 0 Å². The Morgan fingerprint density at radius 1 is 1.44 bits per heavy atom. The van der Waals surface area contributed by atoms with Crippen molar-refractivity contribution < 1.29 is 14.6 Å². The van der Waals surface area contributed by atoms with Crippen molar-refractivity contribution >= 4 is 5.97 Å². The maximum atomic E-state index is 11.6. The predicted molar refractivity (Wildman–Crippen MR) is 60.8 cm³/mol. The monoisotopic (exact) mass is 226 g/mol. The summed E-state index contributed by atoms with van der Waals surface area (Å²) < 4.78 is 5.08. The van der Waals surface area contributed by atoms with Crippen LogP contribution in [0.15, 0.2) is 0 Å². The third-order valence-electron chi connectivity index (χ3n) is 4.22. The van der Waals surface area contributed by atoms with E-state index in [0.29, 0.717) is 18.8 Å². The lowest BCUT2D eigenvalue weighted by Crippen LogP contribution is -2.21. The fourth-order valence-electron chi connectivity index (χ4n) is 3.21. The van der Waals surface area contributed by atoms with Gasteiger partial charge in [-0.2, -0.15) is 0 Å². The number of hydrogen-bond acceptors (Lipinski definition) is 3. The van der Waals surface area contributed by atoms with Crippen molar-refractivity contribution in [1.82, 2.24) is 0 Å². The zero-order valence-corrected chi connectivity index (χ0v) is 10.0. The van der Waals surface area contributed by atoms with E-state index in [1.165, 1.54) is 25.7 Å². The maximum absolute atomic E-state index is 11.6. The smallest absolute Gasteiger partial charge is 0.306 e. The summed E-state index contributed by atoms with van der Waals surface area (Å²) >= 11 is 0. The van der Waals surface area contributed by atoms with E-state index < -0.39 is 6.10 Å². The number of aliphatic hydroxyl groups excluding tert-OH is 1. The summed E-state index contributed by atoms with van der Waals surface area (Å²) in [6, 6.07) is 0. The van der Waals surface area contributed by atoms with E-state index in [9.17, 15) is 9.90 Å². The van der Waals surface area contributed by atoms with Crippen molar-refractivity contribution in [2.45, 2.75) is 51.6 Å². The highest BCUT2D eigenvalue weighted by molar-refractivity contribution is 5.69. The zero-order valence-electron chi connectivity index (χ0n) is 10.0. The van der Waals surface area contributed by atoms with Gasteiger partial charge in [-0.25, -0.2) is 0 Å². The van der Waals surface area contributed by atoms with Gasteiger partial charge in [-0.05, 0) is 43.4 Å². The third kappa shape index (κ3) is 2.76. The first-order valence-corrected chi connectivity index (χ1v) is 6.52. The zero-order chi connectivity index (χ0) is 11.5. The molecule has 0 aromatic heterocycles. The first-order chi connectivity index (χ1) is 7.69. The molecule has 0 aromatic rings. The molecule has 2 rings (SSSR count). The van der Waals surface area contributed by atoms with Gasteiger partial charge in [0.25, 0.3) is 0 Å². The molecule has 3 nitrogen and oxygen atoms in total. The molecule has 2 aliphatic carbocycles. The number of hydrogen-bond donors (Lipinski definition) is 1. The van der Waals surface area contributed by atoms with Gasteiger partial charge in [0.1, 0.15) is 6.61 Å². The Bertz CT molecular complexity index is 252. The molecule has 0 radical (unpaired) electrons. The predicted octanol–water partition coefficient (Wildman–Crippen LogP) is 2.13.